The third-order valence-electron chi connectivity index (χ3n) is 2.86. The van der Waals surface area contributed by atoms with Gasteiger partial charge in [-0.15, -0.1) is 11.3 Å². The van der Waals surface area contributed by atoms with E-state index >= 15 is 0 Å². The van der Waals surface area contributed by atoms with Gasteiger partial charge in [-0.05, 0) is 19.3 Å². The molecule has 1 aromatic rings. The first-order chi connectivity index (χ1) is 6.72. The molecule has 0 aliphatic heterocycles. The number of fused-ring (bicyclic) bond motifs is 1. The van der Waals surface area contributed by atoms with Gasteiger partial charge >= 0.3 is 0 Å². The maximum Gasteiger partial charge on any atom is 0.184 e. The molecule has 2 rings (SSSR count). The van der Waals surface area contributed by atoms with Crippen LogP contribution in [0.25, 0.3) is 0 Å². The van der Waals surface area contributed by atoms with E-state index in [0.29, 0.717) is 5.82 Å². The zero-order valence-corrected chi connectivity index (χ0v) is 9.60. The Morgan fingerprint density at radius 2 is 2.36 bits per heavy atom. The van der Waals surface area contributed by atoms with Crippen molar-refractivity contribution in [2.75, 3.05) is 7.05 Å². The Morgan fingerprint density at radius 1 is 1.57 bits per heavy atom. The molecular formula is C10H15BN2S. The van der Waals surface area contributed by atoms with Gasteiger partial charge in [0.05, 0.1) is 7.85 Å². The minimum atomic E-state index is 0.347. The Morgan fingerprint density at radius 3 is 3.07 bits per heavy atom. The second-order valence-electron chi connectivity index (χ2n) is 3.89. The van der Waals surface area contributed by atoms with Crippen LogP contribution in [-0.4, -0.2) is 19.5 Å². The normalized spacial score (nSPS) is 23.3. The summed E-state index contributed by atoms with van der Waals surface area (Å²) in [5.41, 5.74) is 1.45. The van der Waals surface area contributed by atoms with Gasteiger partial charge in [-0.2, -0.15) is 0 Å². The molecule has 0 amide bonds. The van der Waals surface area contributed by atoms with Gasteiger partial charge in [0.2, 0.25) is 0 Å². The Kier molecular flexibility index (Phi) is 2.82. The van der Waals surface area contributed by atoms with Gasteiger partial charge in [-0.1, -0.05) is 12.2 Å². The van der Waals surface area contributed by atoms with Crippen molar-refractivity contribution >= 4 is 19.2 Å². The number of nitrogens with zero attached hydrogens (tertiary/aromatic N) is 2. The summed E-state index contributed by atoms with van der Waals surface area (Å²) >= 11 is 1.80. The smallest absolute Gasteiger partial charge is 0.184 e. The third kappa shape index (κ3) is 1.67. The van der Waals surface area contributed by atoms with Crippen LogP contribution < -0.4 is 4.80 Å². The topological polar surface area (TPSA) is 17.3 Å². The number of rotatable bonds is 0. The summed E-state index contributed by atoms with van der Waals surface area (Å²) in [6, 6.07) is 0. The predicted octanol–water partition coefficient (Wildman–Crippen LogP) is 1.45. The standard InChI is InChI=1S/C10H15BN2S/c1-12-10-13(2)8-5-3-4-7(11)6-9(8)14-10/h7H,3-6H2,1-2H3. The van der Waals surface area contributed by atoms with Crippen molar-refractivity contribution in [3.8, 4) is 0 Å². The molecular weight excluding hydrogens is 191 g/mol. The summed E-state index contributed by atoms with van der Waals surface area (Å²) in [4.78, 5) is 6.83. The van der Waals surface area contributed by atoms with Crippen molar-refractivity contribution in [3.63, 3.8) is 0 Å². The molecule has 1 unspecified atom stereocenters. The average Bonchev–Trinajstić information content (AvgIpc) is 2.34. The SMILES string of the molecule is [B]C1CCCc2c(sc(=NC)n2C)C1. The first-order valence-electron chi connectivity index (χ1n) is 5.08. The van der Waals surface area contributed by atoms with Crippen LogP contribution in [0.3, 0.4) is 0 Å². The monoisotopic (exact) mass is 206 g/mol. The summed E-state index contributed by atoms with van der Waals surface area (Å²) in [7, 11) is 9.98. The lowest BCUT2D eigenvalue weighted by Gasteiger charge is -2.04. The molecule has 1 aromatic heterocycles. The van der Waals surface area contributed by atoms with Crippen LogP contribution in [-0.2, 0) is 19.9 Å². The molecule has 0 saturated carbocycles. The Balaban J connectivity index is 2.48. The summed E-state index contributed by atoms with van der Waals surface area (Å²) < 4.78 is 2.22. The van der Waals surface area contributed by atoms with Gasteiger partial charge < -0.3 is 4.57 Å². The first-order valence-corrected chi connectivity index (χ1v) is 5.90. The number of hydrogen-bond donors (Lipinski definition) is 0. The Bertz CT molecular complexity index is 391. The molecule has 1 atom stereocenters. The second kappa shape index (κ2) is 3.93. The molecule has 2 nitrogen and oxygen atoms in total. The van der Waals surface area contributed by atoms with E-state index in [1.807, 2.05) is 7.05 Å². The molecule has 1 aliphatic rings. The summed E-state index contributed by atoms with van der Waals surface area (Å²) in [5.74, 6) is 0.347. The molecule has 0 saturated heterocycles. The fourth-order valence-corrected chi connectivity index (χ4v) is 3.29. The maximum atomic E-state index is 6.02. The van der Waals surface area contributed by atoms with Gasteiger partial charge in [0.15, 0.2) is 4.80 Å². The van der Waals surface area contributed by atoms with Gasteiger partial charge in [-0.25, -0.2) is 0 Å². The van der Waals surface area contributed by atoms with E-state index in [1.54, 1.807) is 11.3 Å². The Labute approximate surface area is 90.1 Å². The fraction of sp³-hybridized carbons (Fsp3) is 0.700. The van der Waals surface area contributed by atoms with Crippen molar-refractivity contribution in [1.29, 1.82) is 0 Å². The highest BCUT2D eigenvalue weighted by Crippen LogP contribution is 2.27. The van der Waals surface area contributed by atoms with Crippen molar-refractivity contribution < 1.29 is 0 Å². The second-order valence-corrected chi connectivity index (χ2v) is 4.96. The van der Waals surface area contributed by atoms with Crippen LogP contribution in [0.1, 0.15) is 23.4 Å². The first kappa shape index (κ1) is 10.0. The maximum absolute atomic E-state index is 6.02. The highest BCUT2D eigenvalue weighted by atomic mass is 32.1. The quantitative estimate of drug-likeness (QED) is 0.451. The van der Waals surface area contributed by atoms with E-state index in [9.17, 15) is 0 Å². The van der Waals surface area contributed by atoms with Crippen molar-refractivity contribution in [2.24, 2.45) is 12.0 Å². The zero-order chi connectivity index (χ0) is 10.1. The number of aromatic nitrogens is 1. The summed E-state index contributed by atoms with van der Waals surface area (Å²) in [5, 5.41) is 0. The lowest BCUT2D eigenvalue weighted by atomic mass is 9.81. The van der Waals surface area contributed by atoms with Crippen molar-refractivity contribution in [2.45, 2.75) is 31.5 Å². The summed E-state index contributed by atoms with van der Waals surface area (Å²) in [6.45, 7) is 0. The van der Waals surface area contributed by atoms with Crippen LogP contribution in [0.2, 0.25) is 5.82 Å². The predicted molar refractivity (Wildman–Crippen MR) is 60.9 cm³/mol. The molecule has 0 N–H and O–H groups in total. The molecule has 0 bridgehead atoms. The minimum absolute atomic E-state index is 0.347. The van der Waals surface area contributed by atoms with Crippen molar-refractivity contribution in [1.82, 2.24) is 4.57 Å². The molecule has 0 spiro atoms. The number of thiazole rings is 1. The summed E-state index contributed by atoms with van der Waals surface area (Å²) in [6.07, 6.45) is 4.55. The third-order valence-corrected chi connectivity index (χ3v) is 4.14. The highest BCUT2D eigenvalue weighted by molar-refractivity contribution is 7.09. The van der Waals surface area contributed by atoms with Crippen LogP contribution in [0.4, 0.5) is 0 Å². The van der Waals surface area contributed by atoms with Gasteiger partial charge in [0, 0.05) is 24.7 Å². The Hall–Kier alpha value is -0.505. The lowest BCUT2D eigenvalue weighted by Crippen LogP contribution is -2.12. The largest absolute Gasteiger partial charge is 0.324 e. The molecule has 0 fully saturated rings. The fourth-order valence-electron chi connectivity index (χ4n) is 2.07. The highest BCUT2D eigenvalue weighted by Gasteiger charge is 2.17. The molecule has 74 valence electrons. The van der Waals surface area contributed by atoms with E-state index < -0.39 is 0 Å². The number of hydrogen-bond acceptors (Lipinski definition) is 2. The van der Waals surface area contributed by atoms with E-state index in [-0.39, 0.29) is 0 Å². The van der Waals surface area contributed by atoms with Gasteiger partial charge in [0.1, 0.15) is 0 Å². The van der Waals surface area contributed by atoms with Crippen LogP contribution in [0.15, 0.2) is 4.99 Å². The lowest BCUT2D eigenvalue weighted by molar-refractivity contribution is 0.689. The van der Waals surface area contributed by atoms with E-state index in [2.05, 4.69) is 16.6 Å². The van der Waals surface area contributed by atoms with Crippen LogP contribution in [0.5, 0.6) is 0 Å². The zero-order valence-electron chi connectivity index (χ0n) is 8.79. The molecule has 1 heterocycles. The van der Waals surface area contributed by atoms with E-state index in [4.69, 9.17) is 7.85 Å². The van der Waals surface area contributed by atoms with Crippen molar-refractivity contribution in [3.05, 3.63) is 15.4 Å². The van der Waals surface area contributed by atoms with Gasteiger partial charge in [-0.3, -0.25) is 4.99 Å². The van der Waals surface area contributed by atoms with Crippen LogP contribution in [0, 0.1) is 0 Å². The average molecular weight is 206 g/mol. The van der Waals surface area contributed by atoms with E-state index in [0.717, 1.165) is 24.1 Å². The molecule has 0 aromatic carbocycles. The van der Waals surface area contributed by atoms with Gasteiger partial charge in [0.25, 0.3) is 0 Å². The molecule has 1 aliphatic carbocycles. The minimum Gasteiger partial charge on any atom is -0.324 e. The van der Waals surface area contributed by atoms with E-state index in [1.165, 1.54) is 17.0 Å². The molecule has 4 heteroatoms. The molecule has 2 radical (unpaired) electrons. The molecule has 14 heavy (non-hydrogen) atoms. The van der Waals surface area contributed by atoms with Crippen LogP contribution >= 0.6 is 11.3 Å².